The molecule has 0 bridgehead atoms. The van der Waals surface area contributed by atoms with Crippen LogP contribution >= 0.6 is 0 Å². The fraction of sp³-hybridized carbons (Fsp3) is 0.333. The summed E-state index contributed by atoms with van der Waals surface area (Å²) in [4.78, 5) is 0. The Morgan fingerprint density at radius 2 is 1.76 bits per heavy atom. The Morgan fingerprint density at radius 1 is 1.04 bits per heavy atom. The maximum Gasteiger partial charge on any atom is 0.160 e. The Hall–Kier alpha value is -2.80. The predicted octanol–water partition coefficient (Wildman–Crippen LogP) is 2.61. The Labute approximate surface area is 146 Å². The van der Waals surface area contributed by atoms with E-state index in [1.54, 1.807) is 21.3 Å². The molecule has 2 aromatic heterocycles. The molecule has 0 aliphatic carbocycles. The highest BCUT2D eigenvalue weighted by atomic mass is 16.5. The Morgan fingerprint density at radius 3 is 2.40 bits per heavy atom. The highest BCUT2D eigenvalue weighted by molar-refractivity contribution is 5.50. The summed E-state index contributed by atoms with van der Waals surface area (Å²) in [6, 6.07) is 9.52. The normalized spacial score (nSPS) is 12.2. The molecule has 1 aromatic carbocycles. The molecule has 3 aromatic rings. The van der Waals surface area contributed by atoms with Crippen molar-refractivity contribution in [2.24, 2.45) is 0 Å². The van der Waals surface area contributed by atoms with Crippen molar-refractivity contribution in [2.45, 2.75) is 19.5 Å². The largest absolute Gasteiger partial charge is 0.496 e. The van der Waals surface area contributed by atoms with Crippen molar-refractivity contribution in [2.75, 3.05) is 21.3 Å². The summed E-state index contributed by atoms with van der Waals surface area (Å²) < 4.78 is 18.2. The molecule has 132 valence electrons. The summed E-state index contributed by atoms with van der Waals surface area (Å²) in [7, 11) is 4.88. The van der Waals surface area contributed by atoms with Crippen LogP contribution in [0.5, 0.6) is 17.2 Å². The van der Waals surface area contributed by atoms with Crippen LogP contribution in [0.2, 0.25) is 0 Å². The number of nitrogens with one attached hydrogen (secondary N) is 1. The van der Waals surface area contributed by atoms with Crippen LogP contribution in [0.4, 0.5) is 0 Å². The quantitative estimate of drug-likeness (QED) is 0.712. The van der Waals surface area contributed by atoms with Crippen molar-refractivity contribution < 1.29 is 14.2 Å². The van der Waals surface area contributed by atoms with Crippen molar-refractivity contribution >= 4 is 5.65 Å². The van der Waals surface area contributed by atoms with Crippen molar-refractivity contribution in [1.29, 1.82) is 0 Å². The molecule has 3 rings (SSSR count). The van der Waals surface area contributed by atoms with Gasteiger partial charge >= 0.3 is 0 Å². The molecule has 1 unspecified atom stereocenters. The zero-order chi connectivity index (χ0) is 17.8. The van der Waals surface area contributed by atoms with E-state index in [4.69, 9.17) is 14.2 Å². The van der Waals surface area contributed by atoms with Crippen molar-refractivity contribution in [1.82, 2.24) is 19.9 Å². The molecule has 1 N–H and O–H groups in total. The van der Waals surface area contributed by atoms with Gasteiger partial charge in [-0.1, -0.05) is 6.07 Å². The number of benzene rings is 1. The third-order valence-electron chi connectivity index (χ3n) is 4.13. The molecule has 0 amide bonds. The Balaban J connectivity index is 1.83. The zero-order valence-electron chi connectivity index (χ0n) is 14.8. The second-order valence-corrected chi connectivity index (χ2v) is 5.60. The second-order valence-electron chi connectivity index (χ2n) is 5.60. The van der Waals surface area contributed by atoms with Crippen LogP contribution in [0.3, 0.4) is 0 Å². The third-order valence-corrected chi connectivity index (χ3v) is 4.13. The zero-order valence-corrected chi connectivity index (χ0v) is 14.8. The second kappa shape index (κ2) is 7.40. The van der Waals surface area contributed by atoms with Gasteiger partial charge in [-0.3, -0.25) is 4.40 Å². The third kappa shape index (κ3) is 3.36. The number of hydrogen-bond donors (Lipinski definition) is 1. The number of hydrogen-bond acceptors (Lipinski definition) is 6. The van der Waals surface area contributed by atoms with Gasteiger partial charge in [-0.05, 0) is 19.1 Å². The SMILES string of the molecule is COc1cc(OC)c(CNC(C)c2nnc3ccccn23)c(OC)c1. The van der Waals surface area contributed by atoms with E-state index in [0.29, 0.717) is 23.8 Å². The number of rotatable bonds is 7. The van der Waals surface area contributed by atoms with Crippen LogP contribution < -0.4 is 19.5 Å². The summed E-state index contributed by atoms with van der Waals surface area (Å²) in [5, 5.41) is 11.9. The lowest BCUT2D eigenvalue weighted by Crippen LogP contribution is -2.21. The van der Waals surface area contributed by atoms with Gasteiger partial charge in [0.25, 0.3) is 0 Å². The number of fused-ring (bicyclic) bond motifs is 1. The van der Waals surface area contributed by atoms with Crippen molar-refractivity contribution in [3.8, 4) is 17.2 Å². The van der Waals surface area contributed by atoms with Gasteiger partial charge in [0.15, 0.2) is 11.5 Å². The maximum absolute atomic E-state index is 5.49. The van der Waals surface area contributed by atoms with Crippen LogP contribution in [0.15, 0.2) is 36.5 Å². The van der Waals surface area contributed by atoms with Crippen LogP contribution in [0, 0.1) is 0 Å². The van der Waals surface area contributed by atoms with Gasteiger partial charge in [0.05, 0.1) is 32.9 Å². The molecule has 0 aliphatic rings. The molecular weight excluding hydrogens is 320 g/mol. The first-order valence-electron chi connectivity index (χ1n) is 7.99. The van der Waals surface area contributed by atoms with Crippen LogP contribution in [0.1, 0.15) is 24.4 Å². The molecule has 2 heterocycles. The molecule has 1 atom stereocenters. The highest BCUT2D eigenvalue weighted by Crippen LogP contribution is 2.34. The van der Waals surface area contributed by atoms with Crippen molar-refractivity contribution in [3.63, 3.8) is 0 Å². The van der Waals surface area contributed by atoms with Gasteiger partial charge in [0.2, 0.25) is 0 Å². The molecule has 0 radical (unpaired) electrons. The molecule has 0 aliphatic heterocycles. The minimum Gasteiger partial charge on any atom is -0.496 e. The summed E-state index contributed by atoms with van der Waals surface area (Å²) in [5.41, 5.74) is 1.75. The molecule has 0 fully saturated rings. The predicted molar refractivity (Wildman–Crippen MR) is 94.3 cm³/mol. The summed E-state index contributed by atoms with van der Waals surface area (Å²) in [6.45, 7) is 2.60. The highest BCUT2D eigenvalue weighted by Gasteiger charge is 2.17. The summed E-state index contributed by atoms with van der Waals surface area (Å²) >= 11 is 0. The van der Waals surface area contributed by atoms with E-state index in [1.165, 1.54) is 0 Å². The average Bonchev–Trinajstić information content (AvgIpc) is 3.09. The number of methoxy groups -OCH3 is 3. The number of nitrogens with zero attached hydrogens (tertiary/aromatic N) is 3. The smallest absolute Gasteiger partial charge is 0.160 e. The fourth-order valence-corrected chi connectivity index (χ4v) is 2.75. The van der Waals surface area contributed by atoms with E-state index in [2.05, 4.69) is 15.5 Å². The molecule has 0 spiro atoms. The first kappa shape index (κ1) is 17.0. The summed E-state index contributed by atoms with van der Waals surface area (Å²) in [5.74, 6) is 2.96. The van der Waals surface area contributed by atoms with Gasteiger partial charge in [-0.2, -0.15) is 0 Å². The first-order chi connectivity index (χ1) is 12.2. The minimum atomic E-state index is -0.00564. The van der Waals surface area contributed by atoms with Crippen LogP contribution in [-0.4, -0.2) is 35.9 Å². The molecule has 25 heavy (non-hydrogen) atoms. The monoisotopic (exact) mass is 342 g/mol. The number of ether oxygens (including phenoxy) is 3. The molecule has 0 saturated heterocycles. The lowest BCUT2D eigenvalue weighted by Gasteiger charge is -2.18. The van der Waals surface area contributed by atoms with Crippen molar-refractivity contribution in [3.05, 3.63) is 47.9 Å². The van der Waals surface area contributed by atoms with E-state index in [1.807, 2.05) is 47.9 Å². The van der Waals surface area contributed by atoms with E-state index in [9.17, 15) is 0 Å². The molecular formula is C18H22N4O3. The van der Waals surface area contributed by atoms with E-state index < -0.39 is 0 Å². The van der Waals surface area contributed by atoms with Gasteiger partial charge in [0, 0.05) is 24.9 Å². The standard InChI is InChI=1S/C18H22N4O3/c1-12(18-21-20-17-7-5-6-8-22(17)18)19-11-14-15(24-3)9-13(23-2)10-16(14)25-4/h5-10,12,19H,11H2,1-4H3. The Kier molecular flexibility index (Phi) is 5.04. The topological polar surface area (TPSA) is 69.9 Å². The van der Waals surface area contributed by atoms with Crippen LogP contribution in [-0.2, 0) is 6.54 Å². The van der Waals surface area contributed by atoms with E-state index in [0.717, 1.165) is 17.0 Å². The first-order valence-corrected chi connectivity index (χ1v) is 7.99. The maximum atomic E-state index is 5.49. The number of pyridine rings is 1. The Bertz CT molecular complexity index is 837. The van der Waals surface area contributed by atoms with E-state index in [-0.39, 0.29) is 6.04 Å². The van der Waals surface area contributed by atoms with E-state index >= 15 is 0 Å². The van der Waals surface area contributed by atoms with Gasteiger partial charge < -0.3 is 19.5 Å². The molecule has 0 saturated carbocycles. The molecule has 7 nitrogen and oxygen atoms in total. The summed E-state index contributed by atoms with van der Waals surface area (Å²) in [6.07, 6.45) is 1.96. The van der Waals surface area contributed by atoms with Gasteiger partial charge in [-0.25, -0.2) is 0 Å². The van der Waals surface area contributed by atoms with Crippen LogP contribution in [0.25, 0.3) is 5.65 Å². The minimum absolute atomic E-state index is 0.00564. The fourth-order valence-electron chi connectivity index (χ4n) is 2.75. The van der Waals surface area contributed by atoms with Gasteiger partial charge in [-0.15, -0.1) is 10.2 Å². The number of aromatic nitrogens is 3. The molecule has 7 heteroatoms. The lowest BCUT2D eigenvalue weighted by atomic mass is 10.1. The van der Waals surface area contributed by atoms with Gasteiger partial charge in [0.1, 0.15) is 17.2 Å². The lowest BCUT2D eigenvalue weighted by molar-refractivity contribution is 0.364. The average molecular weight is 342 g/mol.